The minimum absolute atomic E-state index is 0.695. The second-order valence-electron chi connectivity index (χ2n) is 8.70. The second kappa shape index (κ2) is 18.3. The van der Waals surface area contributed by atoms with E-state index in [-0.39, 0.29) is 0 Å². The molecule has 5 heteroatoms. The number of rotatable bonds is 20. The van der Waals surface area contributed by atoms with Crippen molar-refractivity contribution in [2.75, 3.05) is 26.9 Å². The first-order valence-electron chi connectivity index (χ1n) is 13.0. The second-order valence-corrected chi connectivity index (χ2v) is 8.70. The molecule has 0 aliphatic rings. The number of nitrogens with zero attached hydrogens (tertiary/aromatic N) is 2. The Morgan fingerprint density at radius 2 is 1.06 bits per heavy atom. The van der Waals surface area contributed by atoms with Crippen LogP contribution in [-0.2, 0) is 4.74 Å². The number of hydrogen-bond donors (Lipinski definition) is 0. The summed E-state index contributed by atoms with van der Waals surface area (Å²) >= 11 is 0. The van der Waals surface area contributed by atoms with Gasteiger partial charge in [-0.15, -0.1) is 0 Å². The van der Waals surface area contributed by atoms with Gasteiger partial charge in [0.25, 0.3) is 0 Å². The van der Waals surface area contributed by atoms with E-state index in [0.29, 0.717) is 12.4 Å². The van der Waals surface area contributed by atoms with Crippen molar-refractivity contribution in [2.45, 2.75) is 90.4 Å². The van der Waals surface area contributed by atoms with Gasteiger partial charge >= 0.3 is 0 Å². The van der Waals surface area contributed by atoms with E-state index in [2.05, 4.69) is 16.9 Å². The average Bonchev–Trinajstić information content (AvgIpc) is 2.85. The molecule has 0 unspecified atom stereocenters. The summed E-state index contributed by atoms with van der Waals surface area (Å²) in [6, 6.07) is 8.03. The maximum Gasteiger partial charge on any atom is 0.159 e. The molecule has 5 nitrogen and oxygen atoms in total. The van der Waals surface area contributed by atoms with Gasteiger partial charge in [0.15, 0.2) is 11.6 Å². The third-order valence-corrected chi connectivity index (χ3v) is 5.77. The molecule has 0 N–H and O–H groups in total. The quantitative estimate of drug-likeness (QED) is 0.192. The van der Waals surface area contributed by atoms with Crippen molar-refractivity contribution in [3.63, 3.8) is 0 Å². The van der Waals surface area contributed by atoms with Gasteiger partial charge < -0.3 is 14.2 Å². The molecule has 0 aliphatic heterocycles. The van der Waals surface area contributed by atoms with E-state index in [0.717, 1.165) is 56.0 Å². The average molecular weight is 457 g/mol. The van der Waals surface area contributed by atoms with Crippen LogP contribution in [-0.4, -0.2) is 36.9 Å². The fraction of sp³-hybridized carbons (Fsp3) is 0.643. The number of aromatic nitrogens is 2. The van der Waals surface area contributed by atoms with Gasteiger partial charge in [-0.25, -0.2) is 9.97 Å². The standard InChI is InChI=1S/C28H44N2O3/c1-3-4-5-6-7-8-9-10-14-21-32-26-18-16-25(17-19-26)28-29-23-27(24-30-28)33-22-15-12-11-13-20-31-2/h16-19,23-24H,3-15,20-22H2,1-2H3. The van der Waals surface area contributed by atoms with Gasteiger partial charge in [0.05, 0.1) is 25.6 Å². The molecule has 33 heavy (non-hydrogen) atoms. The summed E-state index contributed by atoms with van der Waals surface area (Å²) in [5.41, 5.74) is 0.982. The van der Waals surface area contributed by atoms with E-state index < -0.39 is 0 Å². The first-order chi connectivity index (χ1) is 16.3. The predicted molar refractivity (Wildman–Crippen MR) is 136 cm³/mol. The number of unbranched alkanes of at least 4 members (excludes halogenated alkanes) is 11. The topological polar surface area (TPSA) is 53.5 Å². The molecule has 1 aromatic heterocycles. The van der Waals surface area contributed by atoms with E-state index in [1.807, 2.05) is 24.3 Å². The lowest BCUT2D eigenvalue weighted by atomic mass is 10.1. The zero-order valence-electron chi connectivity index (χ0n) is 20.9. The van der Waals surface area contributed by atoms with E-state index in [1.54, 1.807) is 19.5 Å². The summed E-state index contributed by atoms with van der Waals surface area (Å²) in [6.07, 6.45) is 19.9. The Labute approximate surface area is 201 Å². The largest absolute Gasteiger partial charge is 0.494 e. The van der Waals surface area contributed by atoms with E-state index in [9.17, 15) is 0 Å². The Hall–Kier alpha value is -2.14. The lowest BCUT2D eigenvalue weighted by Crippen LogP contribution is -2.00. The van der Waals surface area contributed by atoms with Crippen molar-refractivity contribution in [2.24, 2.45) is 0 Å². The lowest BCUT2D eigenvalue weighted by molar-refractivity contribution is 0.191. The third-order valence-electron chi connectivity index (χ3n) is 5.77. The smallest absolute Gasteiger partial charge is 0.159 e. The Morgan fingerprint density at radius 1 is 0.576 bits per heavy atom. The van der Waals surface area contributed by atoms with Crippen LogP contribution in [0.2, 0.25) is 0 Å². The van der Waals surface area contributed by atoms with Gasteiger partial charge in [-0.3, -0.25) is 0 Å². The summed E-state index contributed by atoms with van der Waals surface area (Å²) < 4.78 is 16.7. The van der Waals surface area contributed by atoms with Gasteiger partial charge in [-0.1, -0.05) is 64.7 Å². The summed E-state index contributed by atoms with van der Waals surface area (Å²) in [7, 11) is 1.74. The zero-order valence-corrected chi connectivity index (χ0v) is 20.9. The van der Waals surface area contributed by atoms with E-state index >= 15 is 0 Å². The monoisotopic (exact) mass is 456 g/mol. The molecule has 0 fully saturated rings. The SMILES string of the molecule is CCCCCCCCCCCOc1ccc(-c2ncc(OCCCCCCOC)cn2)cc1. The van der Waals surface area contributed by atoms with Crippen LogP contribution >= 0.6 is 0 Å². The number of ether oxygens (including phenoxy) is 3. The van der Waals surface area contributed by atoms with Gasteiger partial charge in [0, 0.05) is 19.3 Å². The van der Waals surface area contributed by atoms with Crippen molar-refractivity contribution in [3.8, 4) is 22.9 Å². The summed E-state index contributed by atoms with van der Waals surface area (Å²) in [5, 5.41) is 0. The highest BCUT2D eigenvalue weighted by Gasteiger charge is 2.03. The normalized spacial score (nSPS) is 11.0. The highest BCUT2D eigenvalue weighted by molar-refractivity contribution is 5.56. The molecule has 0 atom stereocenters. The van der Waals surface area contributed by atoms with Crippen LogP contribution in [0.5, 0.6) is 11.5 Å². The van der Waals surface area contributed by atoms with Crippen molar-refractivity contribution in [3.05, 3.63) is 36.7 Å². The van der Waals surface area contributed by atoms with E-state index in [1.165, 1.54) is 57.8 Å². The number of benzene rings is 1. The van der Waals surface area contributed by atoms with Crippen molar-refractivity contribution in [1.29, 1.82) is 0 Å². The van der Waals surface area contributed by atoms with Gasteiger partial charge in [-0.05, 0) is 49.9 Å². The molecular formula is C28H44N2O3. The van der Waals surface area contributed by atoms with Gasteiger partial charge in [0.2, 0.25) is 0 Å². The Balaban J connectivity index is 1.58. The molecule has 0 saturated heterocycles. The molecule has 184 valence electrons. The highest BCUT2D eigenvalue weighted by atomic mass is 16.5. The molecule has 2 rings (SSSR count). The van der Waals surface area contributed by atoms with Gasteiger partial charge in [-0.2, -0.15) is 0 Å². The van der Waals surface area contributed by atoms with Crippen molar-refractivity contribution in [1.82, 2.24) is 9.97 Å². The van der Waals surface area contributed by atoms with Crippen LogP contribution < -0.4 is 9.47 Å². The minimum atomic E-state index is 0.695. The molecule has 0 radical (unpaired) electrons. The van der Waals surface area contributed by atoms with Crippen molar-refractivity contribution >= 4 is 0 Å². The lowest BCUT2D eigenvalue weighted by Gasteiger charge is -2.08. The Bertz CT molecular complexity index is 704. The van der Waals surface area contributed by atoms with Crippen LogP contribution in [0.3, 0.4) is 0 Å². The summed E-state index contributed by atoms with van der Waals surface area (Å²) in [6.45, 7) is 4.58. The fourth-order valence-corrected chi connectivity index (χ4v) is 3.73. The molecule has 0 aliphatic carbocycles. The molecular weight excluding hydrogens is 412 g/mol. The fourth-order valence-electron chi connectivity index (χ4n) is 3.73. The molecule has 0 spiro atoms. The summed E-state index contributed by atoms with van der Waals surface area (Å²) in [5.74, 6) is 2.33. The van der Waals surface area contributed by atoms with Crippen LogP contribution in [0.1, 0.15) is 90.4 Å². The summed E-state index contributed by atoms with van der Waals surface area (Å²) in [4.78, 5) is 8.90. The van der Waals surface area contributed by atoms with Crippen LogP contribution in [0.4, 0.5) is 0 Å². The maximum absolute atomic E-state index is 5.89. The van der Waals surface area contributed by atoms with Crippen LogP contribution in [0.15, 0.2) is 36.7 Å². The first-order valence-corrected chi connectivity index (χ1v) is 13.0. The zero-order chi connectivity index (χ0) is 23.4. The third kappa shape index (κ3) is 12.6. The molecule has 0 bridgehead atoms. The Morgan fingerprint density at radius 3 is 1.61 bits per heavy atom. The number of methoxy groups -OCH3 is 1. The van der Waals surface area contributed by atoms with Crippen molar-refractivity contribution < 1.29 is 14.2 Å². The molecule has 0 saturated carbocycles. The maximum atomic E-state index is 5.89. The van der Waals surface area contributed by atoms with Gasteiger partial charge in [0.1, 0.15) is 5.75 Å². The first kappa shape index (κ1) is 27.1. The molecule has 0 amide bonds. The highest BCUT2D eigenvalue weighted by Crippen LogP contribution is 2.21. The predicted octanol–water partition coefficient (Wildman–Crippen LogP) is 7.64. The Kier molecular flexibility index (Phi) is 15.0. The number of hydrogen-bond acceptors (Lipinski definition) is 5. The van der Waals surface area contributed by atoms with Crippen LogP contribution in [0, 0.1) is 0 Å². The van der Waals surface area contributed by atoms with E-state index in [4.69, 9.17) is 14.2 Å². The molecule has 2 aromatic rings. The molecule has 1 heterocycles. The molecule has 1 aromatic carbocycles. The van der Waals surface area contributed by atoms with Crippen LogP contribution in [0.25, 0.3) is 11.4 Å². The minimum Gasteiger partial charge on any atom is -0.494 e.